The lowest BCUT2D eigenvalue weighted by Crippen LogP contribution is -2.14. The van der Waals surface area contributed by atoms with Gasteiger partial charge in [0.05, 0.1) is 0 Å². The first-order valence-corrected chi connectivity index (χ1v) is 8.68. The van der Waals surface area contributed by atoms with Crippen LogP contribution >= 0.6 is 0 Å². The van der Waals surface area contributed by atoms with Gasteiger partial charge in [0.15, 0.2) is 10.7 Å². The highest BCUT2D eigenvalue weighted by Crippen LogP contribution is 2.34. The van der Waals surface area contributed by atoms with Gasteiger partial charge in [-0.25, -0.2) is 4.99 Å². The van der Waals surface area contributed by atoms with E-state index in [1.165, 1.54) is 12.1 Å². The third-order valence-corrected chi connectivity index (χ3v) is 4.84. The number of hydrogen-bond acceptors (Lipinski definition) is 7. The number of hydrogen-bond donors (Lipinski definition) is 0. The molecule has 0 amide bonds. The van der Waals surface area contributed by atoms with Crippen LogP contribution in [0.1, 0.15) is 19.5 Å². The first kappa shape index (κ1) is 16.1. The largest absolute Gasteiger partial charge is 0.358 e. The van der Waals surface area contributed by atoms with Gasteiger partial charge >= 0.3 is 10.1 Å². The standard InChI is InChI=1S/C16H14N4O3S/c1-10(2)11-3-5-14-12(7-11)9-18-16(14)24(21,22)23-15-6-4-13(8-17)19-20-15/h3-7,9-10,12H,1-2H3. The van der Waals surface area contributed by atoms with Crippen LogP contribution in [0.3, 0.4) is 0 Å². The van der Waals surface area contributed by atoms with Gasteiger partial charge in [0.25, 0.3) is 5.88 Å². The maximum absolute atomic E-state index is 12.4. The van der Waals surface area contributed by atoms with E-state index in [0.29, 0.717) is 11.5 Å². The van der Waals surface area contributed by atoms with Crippen molar-refractivity contribution in [3.05, 3.63) is 52.2 Å². The zero-order chi connectivity index (χ0) is 17.3. The zero-order valence-corrected chi connectivity index (χ0v) is 13.9. The summed E-state index contributed by atoms with van der Waals surface area (Å²) in [6.45, 7) is 4.14. The lowest BCUT2D eigenvalue weighted by Gasteiger charge is -2.16. The van der Waals surface area contributed by atoms with Crippen LogP contribution in [0.2, 0.25) is 0 Å². The third-order valence-electron chi connectivity index (χ3n) is 3.64. The summed E-state index contributed by atoms with van der Waals surface area (Å²) in [4.78, 5) is 4.02. The predicted molar refractivity (Wildman–Crippen MR) is 87.4 cm³/mol. The Morgan fingerprint density at radius 3 is 2.67 bits per heavy atom. The third kappa shape index (κ3) is 2.98. The summed E-state index contributed by atoms with van der Waals surface area (Å²) in [5.41, 5.74) is 1.77. The van der Waals surface area contributed by atoms with Crippen LogP contribution in [-0.2, 0) is 10.1 Å². The summed E-state index contributed by atoms with van der Waals surface area (Å²) in [5.74, 6) is -0.0335. The Hall–Kier alpha value is -2.79. The van der Waals surface area contributed by atoms with Crippen molar-refractivity contribution in [1.29, 1.82) is 5.26 Å². The highest BCUT2D eigenvalue weighted by molar-refractivity contribution is 7.91. The lowest BCUT2D eigenvalue weighted by atomic mass is 9.89. The Morgan fingerprint density at radius 1 is 1.25 bits per heavy atom. The topological polar surface area (TPSA) is 105 Å². The molecule has 8 heteroatoms. The zero-order valence-electron chi connectivity index (χ0n) is 13.0. The summed E-state index contributed by atoms with van der Waals surface area (Å²) in [5, 5.41) is 15.6. The van der Waals surface area contributed by atoms with E-state index in [-0.39, 0.29) is 22.5 Å². The molecular formula is C16H14N4O3S. The van der Waals surface area contributed by atoms with Gasteiger partial charge in [0.2, 0.25) is 0 Å². The molecule has 122 valence electrons. The number of aliphatic imine (C=N–C) groups is 1. The summed E-state index contributed by atoms with van der Waals surface area (Å²) < 4.78 is 29.9. The number of nitriles is 1. The van der Waals surface area contributed by atoms with Gasteiger partial charge in [0, 0.05) is 23.8 Å². The molecule has 1 atom stereocenters. The molecule has 7 nitrogen and oxygen atoms in total. The first-order chi connectivity index (χ1) is 11.4. The summed E-state index contributed by atoms with van der Waals surface area (Å²) >= 11 is 0. The van der Waals surface area contributed by atoms with Crippen molar-refractivity contribution in [3.8, 4) is 11.9 Å². The quantitative estimate of drug-likeness (QED) is 0.776. The minimum Gasteiger partial charge on any atom is -0.355 e. The molecule has 0 aromatic carbocycles. The number of nitrogens with zero attached hydrogens (tertiary/aromatic N) is 4. The second-order valence-corrected chi connectivity index (χ2v) is 7.09. The molecular weight excluding hydrogens is 328 g/mol. The molecule has 24 heavy (non-hydrogen) atoms. The fourth-order valence-corrected chi connectivity index (χ4v) is 3.45. The van der Waals surface area contributed by atoms with Crippen molar-refractivity contribution in [2.75, 3.05) is 0 Å². The van der Waals surface area contributed by atoms with Gasteiger partial charge in [-0.2, -0.15) is 13.7 Å². The molecule has 0 spiro atoms. The molecule has 1 aromatic heterocycles. The molecule has 1 aliphatic heterocycles. The molecule has 0 radical (unpaired) electrons. The SMILES string of the molecule is CC(C)C1=CC2C=NC(S(=O)(=O)Oc3ccc(C#N)nn3)=C2C=C1. The summed E-state index contributed by atoms with van der Waals surface area (Å²) in [6, 6.07) is 4.40. The van der Waals surface area contributed by atoms with Crippen LogP contribution in [0.25, 0.3) is 0 Å². The van der Waals surface area contributed by atoms with E-state index < -0.39 is 10.1 Å². The van der Waals surface area contributed by atoms with E-state index in [0.717, 1.165) is 5.57 Å². The Morgan fingerprint density at radius 2 is 2.04 bits per heavy atom. The van der Waals surface area contributed by atoms with Gasteiger partial charge in [-0.3, -0.25) is 0 Å². The number of rotatable bonds is 4. The maximum Gasteiger partial charge on any atom is 0.358 e. The van der Waals surface area contributed by atoms with Gasteiger partial charge < -0.3 is 4.18 Å². The Kier molecular flexibility index (Phi) is 4.03. The van der Waals surface area contributed by atoms with Crippen LogP contribution in [-0.4, -0.2) is 24.8 Å². The minimum absolute atomic E-state index is 0.0716. The second kappa shape index (κ2) is 6.02. The van der Waals surface area contributed by atoms with Gasteiger partial charge in [-0.15, -0.1) is 10.2 Å². The van der Waals surface area contributed by atoms with E-state index >= 15 is 0 Å². The molecule has 1 unspecified atom stereocenters. The summed E-state index contributed by atoms with van der Waals surface area (Å²) in [7, 11) is -4.12. The normalized spacial score (nSPS) is 19.2. The molecule has 1 aliphatic carbocycles. The average molecular weight is 342 g/mol. The van der Waals surface area contributed by atoms with Gasteiger partial charge in [-0.1, -0.05) is 32.1 Å². The number of fused-ring (bicyclic) bond motifs is 1. The van der Waals surface area contributed by atoms with Crippen LogP contribution in [0.4, 0.5) is 0 Å². The molecule has 3 rings (SSSR count). The van der Waals surface area contributed by atoms with E-state index in [1.54, 1.807) is 18.4 Å². The van der Waals surface area contributed by atoms with Crippen molar-refractivity contribution in [1.82, 2.24) is 10.2 Å². The van der Waals surface area contributed by atoms with E-state index in [1.807, 2.05) is 12.2 Å². The van der Waals surface area contributed by atoms with Crippen molar-refractivity contribution >= 4 is 16.3 Å². The highest BCUT2D eigenvalue weighted by Gasteiger charge is 2.32. The molecule has 2 aliphatic rings. The molecule has 0 N–H and O–H groups in total. The Labute approximate surface area is 139 Å². The Bertz CT molecular complexity index is 933. The van der Waals surface area contributed by atoms with E-state index in [9.17, 15) is 8.42 Å². The minimum atomic E-state index is -4.12. The molecule has 0 saturated heterocycles. The van der Waals surface area contributed by atoms with Crippen molar-refractivity contribution in [2.24, 2.45) is 16.8 Å². The highest BCUT2D eigenvalue weighted by atomic mass is 32.2. The van der Waals surface area contributed by atoms with Crippen LogP contribution in [0, 0.1) is 23.2 Å². The fraction of sp³-hybridized carbons (Fsp3) is 0.250. The van der Waals surface area contributed by atoms with E-state index in [2.05, 4.69) is 29.0 Å². The predicted octanol–water partition coefficient (Wildman–Crippen LogP) is 2.12. The molecule has 0 fully saturated rings. The molecule has 2 heterocycles. The maximum atomic E-state index is 12.4. The van der Waals surface area contributed by atoms with Gasteiger partial charge in [-0.05, 0) is 17.6 Å². The number of allylic oxidation sites excluding steroid dienone is 5. The average Bonchev–Trinajstić information content (AvgIpc) is 2.99. The second-order valence-electron chi connectivity index (χ2n) is 5.63. The summed E-state index contributed by atoms with van der Waals surface area (Å²) in [6.07, 6.45) is 7.23. The van der Waals surface area contributed by atoms with Crippen molar-refractivity contribution in [2.45, 2.75) is 13.8 Å². The monoisotopic (exact) mass is 342 g/mol. The van der Waals surface area contributed by atoms with Crippen molar-refractivity contribution in [3.63, 3.8) is 0 Å². The fourth-order valence-electron chi connectivity index (χ4n) is 2.38. The Balaban J connectivity index is 1.88. The van der Waals surface area contributed by atoms with Crippen LogP contribution in [0.15, 0.2) is 51.5 Å². The van der Waals surface area contributed by atoms with Gasteiger partial charge in [0.1, 0.15) is 6.07 Å². The van der Waals surface area contributed by atoms with E-state index in [4.69, 9.17) is 9.44 Å². The first-order valence-electron chi connectivity index (χ1n) is 7.27. The molecule has 1 aromatic rings. The van der Waals surface area contributed by atoms with Crippen LogP contribution in [0.5, 0.6) is 5.88 Å². The molecule has 0 bridgehead atoms. The lowest BCUT2D eigenvalue weighted by molar-refractivity contribution is 0.477. The molecule has 0 saturated carbocycles. The van der Waals surface area contributed by atoms with Crippen LogP contribution < -0.4 is 4.18 Å². The number of aromatic nitrogens is 2. The smallest absolute Gasteiger partial charge is 0.355 e. The van der Waals surface area contributed by atoms with Crippen molar-refractivity contribution < 1.29 is 12.6 Å².